The number of amides is 2. The van der Waals surface area contributed by atoms with E-state index in [-0.39, 0.29) is 6.03 Å². The molecule has 1 unspecified atom stereocenters. The average molecular weight is 373 g/mol. The van der Waals surface area contributed by atoms with E-state index >= 15 is 0 Å². The van der Waals surface area contributed by atoms with Crippen LogP contribution in [0.25, 0.3) is 0 Å². The summed E-state index contributed by atoms with van der Waals surface area (Å²) in [7, 11) is 0. The molecule has 0 aliphatic carbocycles. The number of likely N-dealkylation sites (tertiary alicyclic amines) is 1. The van der Waals surface area contributed by atoms with Crippen molar-refractivity contribution < 1.29 is 9.53 Å². The number of urea groups is 1. The topological polar surface area (TPSA) is 48.1 Å². The Bertz CT molecular complexity index is 626. The van der Waals surface area contributed by atoms with Crippen molar-refractivity contribution in [3.8, 4) is 0 Å². The summed E-state index contributed by atoms with van der Waals surface area (Å²) in [5.41, 5.74) is 2.10. The number of anilines is 2. The van der Waals surface area contributed by atoms with Gasteiger partial charge in [-0.2, -0.15) is 0 Å². The quantitative estimate of drug-likeness (QED) is 0.883. The van der Waals surface area contributed by atoms with Gasteiger partial charge in [-0.05, 0) is 44.2 Å². The monoisotopic (exact) mass is 372 g/mol. The minimum atomic E-state index is 0.0552. The Morgan fingerprint density at radius 1 is 1.00 bits per heavy atom. The summed E-state index contributed by atoms with van der Waals surface area (Å²) >= 11 is 0. The number of morpholine rings is 1. The lowest BCUT2D eigenvalue weighted by Crippen LogP contribution is -2.52. The van der Waals surface area contributed by atoms with Crippen LogP contribution in [0.1, 0.15) is 32.1 Å². The summed E-state index contributed by atoms with van der Waals surface area (Å²) in [5.74, 6) is 0. The Morgan fingerprint density at radius 2 is 1.74 bits per heavy atom. The average Bonchev–Trinajstić information content (AvgIpc) is 3.24. The number of piperidine rings is 1. The molecule has 0 aromatic heterocycles. The molecule has 4 rings (SSSR count). The molecule has 0 radical (unpaired) electrons. The normalized spacial score (nSPS) is 24.2. The molecular weight excluding hydrogens is 340 g/mol. The molecule has 1 atom stereocenters. The lowest BCUT2D eigenvalue weighted by molar-refractivity contribution is 0.0229. The largest absolute Gasteiger partial charge is 0.379 e. The van der Waals surface area contributed by atoms with Crippen LogP contribution < -0.4 is 10.2 Å². The van der Waals surface area contributed by atoms with Crippen LogP contribution in [-0.2, 0) is 4.74 Å². The second-order valence-electron chi connectivity index (χ2n) is 7.90. The number of benzene rings is 1. The molecule has 1 N–H and O–H groups in total. The Kier molecular flexibility index (Phi) is 6.14. The van der Waals surface area contributed by atoms with Gasteiger partial charge in [0.05, 0.1) is 24.6 Å². The maximum atomic E-state index is 13.1. The maximum Gasteiger partial charge on any atom is 0.322 e. The molecule has 3 aliphatic rings. The van der Waals surface area contributed by atoms with Crippen LogP contribution in [0.2, 0.25) is 0 Å². The zero-order valence-electron chi connectivity index (χ0n) is 16.2. The van der Waals surface area contributed by atoms with Crippen molar-refractivity contribution in [1.82, 2.24) is 9.80 Å². The van der Waals surface area contributed by atoms with Gasteiger partial charge in [-0.3, -0.25) is 4.90 Å². The molecule has 0 saturated carbocycles. The van der Waals surface area contributed by atoms with Crippen molar-refractivity contribution in [2.45, 2.75) is 38.1 Å². The summed E-state index contributed by atoms with van der Waals surface area (Å²) in [4.78, 5) is 20.0. The van der Waals surface area contributed by atoms with Crippen LogP contribution in [0, 0.1) is 0 Å². The number of rotatable bonds is 4. The standard InChI is InChI=1S/C21H32N4O2/c26-21(22-19-8-1-2-9-20(19)24-10-5-6-11-24)25-12-4-3-7-18(25)17-23-13-15-27-16-14-23/h1-2,8-9,18H,3-7,10-17H2,(H,22,26). The second kappa shape index (κ2) is 8.93. The molecule has 3 heterocycles. The Balaban J connectivity index is 1.43. The van der Waals surface area contributed by atoms with Gasteiger partial charge in [0.15, 0.2) is 0 Å². The van der Waals surface area contributed by atoms with Gasteiger partial charge in [-0.1, -0.05) is 12.1 Å². The predicted octanol–water partition coefficient (Wildman–Crippen LogP) is 3.01. The molecular formula is C21H32N4O2. The van der Waals surface area contributed by atoms with Gasteiger partial charge in [0, 0.05) is 45.3 Å². The van der Waals surface area contributed by atoms with Crippen molar-refractivity contribution in [3.63, 3.8) is 0 Å². The Hall–Kier alpha value is -1.79. The summed E-state index contributed by atoms with van der Waals surface area (Å²) in [6, 6.07) is 8.59. The van der Waals surface area contributed by atoms with E-state index in [1.807, 2.05) is 12.1 Å². The van der Waals surface area contributed by atoms with E-state index in [9.17, 15) is 4.79 Å². The number of carbonyl (C=O) groups is 1. The third-order valence-corrected chi connectivity index (χ3v) is 6.05. The third-order valence-electron chi connectivity index (χ3n) is 6.05. The van der Waals surface area contributed by atoms with Gasteiger partial charge < -0.3 is 19.9 Å². The SMILES string of the molecule is O=C(Nc1ccccc1N1CCCC1)N1CCCCC1CN1CCOCC1. The van der Waals surface area contributed by atoms with E-state index in [0.29, 0.717) is 6.04 Å². The first-order valence-corrected chi connectivity index (χ1v) is 10.5. The van der Waals surface area contributed by atoms with Gasteiger partial charge in [0.1, 0.15) is 0 Å². The third kappa shape index (κ3) is 4.55. The zero-order valence-corrected chi connectivity index (χ0v) is 16.2. The molecule has 1 aromatic rings. The Morgan fingerprint density at radius 3 is 2.56 bits per heavy atom. The number of ether oxygens (including phenoxy) is 1. The number of nitrogens with one attached hydrogen (secondary N) is 1. The molecule has 27 heavy (non-hydrogen) atoms. The van der Waals surface area contributed by atoms with Crippen LogP contribution in [0.15, 0.2) is 24.3 Å². The van der Waals surface area contributed by atoms with Crippen LogP contribution in [0.3, 0.4) is 0 Å². The van der Waals surface area contributed by atoms with E-state index in [1.165, 1.54) is 19.3 Å². The minimum absolute atomic E-state index is 0.0552. The molecule has 3 fully saturated rings. The van der Waals surface area contributed by atoms with Crippen LogP contribution >= 0.6 is 0 Å². The molecule has 1 aromatic carbocycles. The molecule has 148 valence electrons. The minimum Gasteiger partial charge on any atom is -0.379 e. The first kappa shape index (κ1) is 18.6. The molecule has 0 bridgehead atoms. The number of hydrogen-bond donors (Lipinski definition) is 1. The highest BCUT2D eigenvalue weighted by Crippen LogP contribution is 2.29. The fourth-order valence-corrected chi connectivity index (χ4v) is 4.54. The maximum absolute atomic E-state index is 13.1. The van der Waals surface area contributed by atoms with E-state index < -0.39 is 0 Å². The van der Waals surface area contributed by atoms with Crippen molar-refractivity contribution in [3.05, 3.63) is 24.3 Å². The fourth-order valence-electron chi connectivity index (χ4n) is 4.54. The summed E-state index contributed by atoms with van der Waals surface area (Å²) in [6.07, 6.45) is 5.87. The highest BCUT2D eigenvalue weighted by atomic mass is 16.5. The zero-order chi connectivity index (χ0) is 18.5. The second-order valence-corrected chi connectivity index (χ2v) is 7.90. The van der Waals surface area contributed by atoms with Gasteiger partial charge in [0.2, 0.25) is 0 Å². The molecule has 3 saturated heterocycles. The van der Waals surface area contributed by atoms with Crippen molar-refractivity contribution in [2.75, 3.05) is 62.7 Å². The van der Waals surface area contributed by atoms with E-state index in [1.54, 1.807) is 0 Å². The van der Waals surface area contributed by atoms with Gasteiger partial charge in [0.25, 0.3) is 0 Å². The lowest BCUT2D eigenvalue weighted by atomic mass is 10.0. The molecule has 6 nitrogen and oxygen atoms in total. The molecule has 0 spiro atoms. The van der Waals surface area contributed by atoms with E-state index in [0.717, 1.165) is 76.7 Å². The number of carbonyl (C=O) groups excluding carboxylic acids is 1. The summed E-state index contributed by atoms with van der Waals surface area (Å²) < 4.78 is 5.46. The van der Waals surface area contributed by atoms with Crippen LogP contribution in [0.4, 0.5) is 16.2 Å². The number of nitrogens with zero attached hydrogens (tertiary/aromatic N) is 3. The van der Waals surface area contributed by atoms with Crippen molar-refractivity contribution in [1.29, 1.82) is 0 Å². The number of para-hydroxylation sites is 2. The smallest absolute Gasteiger partial charge is 0.322 e. The fraction of sp³-hybridized carbons (Fsp3) is 0.667. The van der Waals surface area contributed by atoms with Gasteiger partial charge in [-0.15, -0.1) is 0 Å². The van der Waals surface area contributed by atoms with E-state index in [2.05, 4.69) is 32.1 Å². The molecule has 6 heteroatoms. The first-order valence-electron chi connectivity index (χ1n) is 10.5. The van der Waals surface area contributed by atoms with Crippen LogP contribution in [0.5, 0.6) is 0 Å². The highest BCUT2D eigenvalue weighted by molar-refractivity contribution is 5.93. The molecule has 2 amide bonds. The van der Waals surface area contributed by atoms with Crippen LogP contribution in [-0.4, -0.2) is 74.4 Å². The lowest BCUT2D eigenvalue weighted by Gasteiger charge is -2.39. The van der Waals surface area contributed by atoms with Gasteiger partial charge in [-0.25, -0.2) is 4.79 Å². The van der Waals surface area contributed by atoms with Crippen molar-refractivity contribution in [2.24, 2.45) is 0 Å². The highest BCUT2D eigenvalue weighted by Gasteiger charge is 2.29. The predicted molar refractivity (Wildman–Crippen MR) is 109 cm³/mol. The molecule has 3 aliphatic heterocycles. The summed E-state index contributed by atoms with van der Waals surface area (Å²) in [6.45, 7) is 7.54. The van der Waals surface area contributed by atoms with Gasteiger partial charge >= 0.3 is 6.03 Å². The summed E-state index contributed by atoms with van der Waals surface area (Å²) in [5, 5.41) is 3.23. The number of hydrogen-bond acceptors (Lipinski definition) is 4. The van der Waals surface area contributed by atoms with E-state index in [4.69, 9.17) is 4.74 Å². The first-order chi connectivity index (χ1) is 13.3. The Labute approximate surface area is 162 Å². The van der Waals surface area contributed by atoms with Crippen molar-refractivity contribution >= 4 is 17.4 Å².